The quantitative estimate of drug-likeness (QED) is 0.341. The van der Waals surface area contributed by atoms with Gasteiger partial charge in [-0.3, -0.25) is 9.98 Å². The van der Waals surface area contributed by atoms with Crippen molar-refractivity contribution in [3.63, 3.8) is 0 Å². The summed E-state index contributed by atoms with van der Waals surface area (Å²) in [5.74, 6) is 0. The first-order chi connectivity index (χ1) is 14.2. The fourth-order valence-corrected chi connectivity index (χ4v) is 3.74. The third kappa shape index (κ3) is 4.60. The van der Waals surface area contributed by atoms with Gasteiger partial charge in [-0.1, -0.05) is 66.8 Å². The van der Waals surface area contributed by atoms with Crippen LogP contribution < -0.4 is 0 Å². The molecule has 29 heavy (non-hydrogen) atoms. The van der Waals surface area contributed by atoms with Crippen molar-refractivity contribution in [1.82, 2.24) is 4.98 Å². The Bertz CT molecular complexity index is 1130. The summed E-state index contributed by atoms with van der Waals surface area (Å²) in [6, 6.07) is 18.8. The van der Waals surface area contributed by atoms with Crippen LogP contribution >= 0.6 is 0 Å². The molecule has 1 aliphatic carbocycles. The summed E-state index contributed by atoms with van der Waals surface area (Å²) in [7, 11) is 0. The molecule has 2 heteroatoms. The fourth-order valence-electron chi connectivity index (χ4n) is 3.74. The summed E-state index contributed by atoms with van der Waals surface area (Å²) in [5.41, 5.74) is 7.78. The molecule has 0 aliphatic heterocycles. The molecular formula is C27H26N2. The van der Waals surface area contributed by atoms with Crippen molar-refractivity contribution in [2.75, 3.05) is 0 Å². The van der Waals surface area contributed by atoms with Crippen molar-refractivity contribution in [1.29, 1.82) is 0 Å². The Balaban J connectivity index is 1.74. The Morgan fingerprint density at radius 1 is 1.03 bits per heavy atom. The number of para-hydroxylation sites is 1. The number of hydrogen-bond donors (Lipinski definition) is 0. The van der Waals surface area contributed by atoms with E-state index in [1.165, 1.54) is 22.1 Å². The van der Waals surface area contributed by atoms with Crippen LogP contribution in [0.5, 0.6) is 0 Å². The van der Waals surface area contributed by atoms with Gasteiger partial charge in [0.2, 0.25) is 0 Å². The highest BCUT2D eigenvalue weighted by Gasteiger charge is 2.12. The third-order valence-corrected chi connectivity index (χ3v) is 5.15. The van der Waals surface area contributed by atoms with E-state index >= 15 is 0 Å². The molecular weight excluding hydrogens is 352 g/mol. The molecule has 0 spiro atoms. The standard InChI is InChI=1S/C27H26N2/c1-20(17-18-22-11-6-5-7-12-22)28-26-16-10-15-24-25(19-21(2)29-27(24)26)23-13-8-3-4-9-14-23/h3-7,10-13,15-19H,8-9,14H2,1-2H3/b18-17+,28-20-. The van der Waals surface area contributed by atoms with Gasteiger partial charge in [0.1, 0.15) is 0 Å². The second-order valence-electron chi connectivity index (χ2n) is 7.46. The van der Waals surface area contributed by atoms with E-state index < -0.39 is 0 Å². The number of pyridine rings is 1. The lowest BCUT2D eigenvalue weighted by atomic mass is 9.96. The maximum atomic E-state index is 4.88. The number of aryl methyl sites for hydroxylation is 1. The minimum Gasteiger partial charge on any atom is -0.251 e. The van der Waals surface area contributed by atoms with Gasteiger partial charge in [0.05, 0.1) is 11.2 Å². The molecule has 0 saturated carbocycles. The zero-order valence-corrected chi connectivity index (χ0v) is 17.1. The van der Waals surface area contributed by atoms with Crippen molar-refractivity contribution in [2.24, 2.45) is 4.99 Å². The molecule has 2 nitrogen and oxygen atoms in total. The van der Waals surface area contributed by atoms with Crippen LogP contribution in [-0.4, -0.2) is 10.7 Å². The zero-order chi connectivity index (χ0) is 20.1. The number of hydrogen-bond acceptors (Lipinski definition) is 2. The largest absolute Gasteiger partial charge is 0.251 e. The summed E-state index contributed by atoms with van der Waals surface area (Å²) in [5, 5.41) is 1.19. The predicted octanol–water partition coefficient (Wildman–Crippen LogP) is 7.47. The molecule has 2 aromatic carbocycles. The molecule has 0 N–H and O–H groups in total. The number of aliphatic imine (C=N–C) groups is 1. The third-order valence-electron chi connectivity index (χ3n) is 5.15. The van der Waals surface area contributed by atoms with E-state index in [0.29, 0.717) is 0 Å². The van der Waals surface area contributed by atoms with E-state index in [1.54, 1.807) is 0 Å². The normalized spacial score (nSPS) is 15.0. The van der Waals surface area contributed by atoms with Crippen LogP contribution in [0.3, 0.4) is 0 Å². The summed E-state index contributed by atoms with van der Waals surface area (Å²) >= 11 is 0. The Hall–Kier alpha value is -3.26. The molecule has 0 unspecified atom stereocenters. The van der Waals surface area contributed by atoms with Gasteiger partial charge in [-0.05, 0) is 68.0 Å². The lowest BCUT2D eigenvalue weighted by Crippen LogP contribution is -1.93. The second kappa shape index (κ2) is 8.83. The number of fused-ring (bicyclic) bond motifs is 1. The number of nitrogens with zero attached hydrogens (tertiary/aromatic N) is 2. The van der Waals surface area contributed by atoms with E-state index in [2.05, 4.69) is 73.7 Å². The minimum atomic E-state index is 0.926. The number of aromatic nitrogens is 1. The minimum absolute atomic E-state index is 0.926. The molecule has 3 aromatic rings. The highest BCUT2D eigenvalue weighted by molar-refractivity contribution is 6.02. The molecule has 1 aliphatic rings. The smallest absolute Gasteiger partial charge is 0.0967 e. The summed E-state index contributed by atoms with van der Waals surface area (Å²) in [4.78, 5) is 9.74. The molecule has 0 saturated heterocycles. The predicted molar refractivity (Wildman–Crippen MR) is 126 cm³/mol. The van der Waals surface area contributed by atoms with Crippen LogP contribution in [0.15, 0.2) is 83.9 Å². The van der Waals surface area contributed by atoms with Gasteiger partial charge >= 0.3 is 0 Å². The average Bonchev–Trinajstić information content (AvgIpc) is 3.02. The molecule has 1 heterocycles. The molecule has 0 amide bonds. The molecule has 4 rings (SSSR count). The fraction of sp³-hybridized carbons (Fsp3) is 0.185. The summed E-state index contributed by atoms with van der Waals surface area (Å²) in [6.45, 7) is 4.11. The summed E-state index contributed by atoms with van der Waals surface area (Å²) < 4.78 is 0. The maximum absolute atomic E-state index is 4.88. The number of rotatable bonds is 4. The Morgan fingerprint density at radius 2 is 1.90 bits per heavy atom. The number of benzene rings is 2. The lowest BCUT2D eigenvalue weighted by Gasteiger charge is -2.12. The monoisotopic (exact) mass is 378 g/mol. The van der Waals surface area contributed by atoms with Crippen molar-refractivity contribution in [3.05, 3.63) is 95.7 Å². The highest BCUT2D eigenvalue weighted by Crippen LogP contribution is 2.33. The average molecular weight is 379 g/mol. The van der Waals surface area contributed by atoms with Crippen LogP contribution in [0.1, 0.15) is 43.0 Å². The van der Waals surface area contributed by atoms with Gasteiger partial charge in [0, 0.05) is 16.8 Å². The molecule has 0 radical (unpaired) electrons. The van der Waals surface area contributed by atoms with Crippen LogP contribution in [0.25, 0.3) is 22.6 Å². The van der Waals surface area contributed by atoms with E-state index in [-0.39, 0.29) is 0 Å². The van der Waals surface area contributed by atoms with Gasteiger partial charge in [0.15, 0.2) is 0 Å². The van der Waals surface area contributed by atoms with Gasteiger partial charge in [-0.15, -0.1) is 0 Å². The first kappa shape index (κ1) is 19.1. The van der Waals surface area contributed by atoms with E-state index in [1.807, 2.05) is 25.1 Å². The van der Waals surface area contributed by atoms with Crippen molar-refractivity contribution < 1.29 is 0 Å². The van der Waals surface area contributed by atoms with E-state index in [9.17, 15) is 0 Å². The van der Waals surface area contributed by atoms with Crippen molar-refractivity contribution in [2.45, 2.75) is 33.1 Å². The topological polar surface area (TPSA) is 25.2 Å². The van der Waals surface area contributed by atoms with Crippen molar-refractivity contribution in [3.8, 4) is 0 Å². The second-order valence-corrected chi connectivity index (χ2v) is 7.46. The zero-order valence-electron chi connectivity index (χ0n) is 17.1. The Kier molecular flexibility index (Phi) is 5.81. The van der Waals surface area contributed by atoms with Crippen molar-refractivity contribution >= 4 is 34.0 Å². The lowest BCUT2D eigenvalue weighted by molar-refractivity contribution is 1.07. The van der Waals surface area contributed by atoms with Gasteiger partial charge < -0.3 is 0 Å². The van der Waals surface area contributed by atoms with Crippen LogP contribution in [0.2, 0.25) is 0 Å². The van der Waals surface area contributed by atoms with E-state index in [4.69, 9.17) is 9.98 Å². The van der Waals surface area contributed by atoms with E-state index in [0.717, 1.165) is 41.9 Å². The molecule has 0 atom stereocenters. The number of allylic oxidation sites excluding steroid dienone is 5. The molecule has 1 aromatic heterocycles. The van der Waals surface area contributed by atoms with Crippen LogP contribution in [0, 0.1) is 6.92 Å². The van der Waals surface area contributed by atoms with Gasteiger partial charge in [0.25, 0.3) is 0 Å². The molecule has 0 fully saturated rings. The molecule has 144 valence electrons. The summed E-state index contributed by atoms with van der Waals surface area (Å²) in [6.07, 6.45) is 14.2. The van der Waals surface area contributed by atoms with Gasteiger partial charge in [-0.25, -0.2) is 0 Å². The molecule has 0 bridgehead atoms. The highest BCUT2D eigenvalue weighted by atomic mass is 14.8. The SMILES string of the molecule is CC(/C=C/c1ccccc1)=N/c1cccc2c(C3=CCC=CCC3)cc(C)nc12. The van der Waals surface area contributed by atoms with Crippen LogP contribution in [0.4, 0.5) is 5.69 Å². The first-order valence-electron chi connectivity index (χ1n) is 10.2. The van der Waals surface area contributed by atoms with Gasteiger partial charge in [-0.2, -0.15) is 0 Å². The maximum Gasteiger partial charge on any atom is 0.0967 e. The Morgan fingerprint density at radius 3 is 2.76 bits per heavy atom. The first-order valence-corrected chi connectivity index (χ1v) is 10.2. The Labute approximate surface area is 173 Å². The van der Waals surface area contributed by atoms with Crippen LogP contribution in [-0.2, 0) is 0 Å².